The number of halogens is 1. The molecule has 0 unspecified atom stereocenters. The second-order valence-electron chi connectivity index (χ2n) is 5.26. The Morgan fingerprint density at radius 3 is 2.68 bits per heavy atom. The monoisotopic (exact) mass is 279 g/mol. The van der Waals surface area contributed by atoms with E-state index in [-0.39, 0.29) is 11.6 Å². The Labute approximate surface area is 118 Å². The Hall–Kier alpha value is -1.26. The lowest BCUT2D eigenvalue weighted by atomic mass is 10.1. The smallest absolute Gasteiger partial charge is 0.318 e. The van der Waals surface area contributed by atoms with E-state index in [0.717, 1.165) is 49.6 Å². The van der Waals surface area contributed by atoms with Crippen molar-refractivity contribution in [2.75, 3.05) is 26.2 Å². The molecule has 1 aromatic rings. The lowest BCUT2D eigenvalue weighted by Gasteiger charge is -2.30. The first kappa shape index (κ1) is 12.8. The van der Waals surface area contributed by atoms with Gasteiger partial charge in [0, 0.05) is 31.2 Å². The third-order valence-corrected chi connectivity index (χ3v) is 4.11. The van der Waals surface area contributed by atoms with Gasteiger partial charge in [-0.2, -0.15) is 0 Å². The number of piperazine rings is 1. The Morgan fingerprint density at radius 2 is 2.05 bits per heavy atom. The van der Waals surface area contributed by atoms with Crippen molar-refractivity contribution in [1.29, 1.82) is 0 Å². The van der Waals surface area contributed by atoms with Crippen molar-refractivity contribution >= 4 is 17.6 Å². The number of urea groups is 1. The molecule has 2 N–H and O–H groups in total. The third kappa shape index (κ3) is 2.69. The zero-order valence-corrected chi connectivity index (χ0v) is 11.5. The minimum absolute atomic E-state index is 0.0407. The van der Waals surface area contributed by atoms with Gasteiger partial charge in [0.15, 0.2) is 0 Å². The van der Waals surface area contributed by atoms with Crippen molar-refractivity contribution in [2.24, 2.45) is 0 Å². The Balaban J connectivity index is 1.70. The van der Waals surface area contributed by atoms with Crippen molar-refractivity contribution in [3.05, 3.63) is 34.9 Å². The van der Waals surface area contributed by atoms with Crippen molar-refractivity contribution in [1.82, 2.24) is 15.5 Å². The Morgan fingerprint density at radius 1 is 1.32 bits per heavy atom. The Kier molecular flexibility index (Phi) is 3.37. The number of hydrogen-bond donors (Lipinski definition) is 2. The summed E-state index contributed by atoms with van der Waals surface area (Å²) in [4.78, 5) is 14.1. The number of rotatable bonds is 2. The second-order valence-corrected chi connectivity index (χ2v) is 5.70. The quantitative estimate of drug-likeness (QED) is 0.869. The van der Waals surface area contributed by atoms with Crippen LogP contribution in [0.4, 0.5) is 4.79 Å². The van der Waals surface area contributed by atoms with E-state index in [1.807, 2.05) is 29.2 Å². The van der Waals surface area contributed by atoms with Gasteiger partial charge in [-0.1, -0.05) is 23.7 Å². The summed E-state index contributed by atoms with van der Waals surface area (Å²) in [5.74, 6) is 0. The number of nitrogens with one attached hydrogen (secondary N) is 2. The predicted molar refractivity (Wildman–Crippen MR) is 75.3 cm³/mol. The zero-order chi connectivity index (χ0) is 13.3. The van der Waals surface area contributed by atoms with Crippen LogP contribution in [0.25, 0.3) is 0 Å². The molecule has 2 fully saturated rings. The fourth-order valence-corrected chi connectivity index (χ4v) is 2.74. The molecule has 0 aromatic heterocycles. The lowest BCUT2D eigenvalue weighted by molar-refractivity contribution is 0.185. The normalized spacial score (nSPS) is 21.0. The van der Waals surface area contributed by atoms with Crippen molar-refractivity contribution in [3.63, 3.8) is 0 Å². The summed E-state index contributed by atoms with van der Waals surface area (Å²) >= 11 is 6.03. The van der Waals surface area contributed by atoms with Crippen LogP contribution in [0.3, 0.4) is 0 Å². The molecule has 1 aromatic carbocycles. The van der Waals surface area contributed by atoms with E-state index in [0.29, 0.717) is 0 Å². The molecule has 19 heavy (non-hydrogen) atoms. The Bertz CT molecular complexity index is 481. The highest BCUT2D eigenvalue weighted by atomic mass is 35.5. The van der Waals surface area contributed by atoms with Gasteiger partial charge in [0.2, 0.25) is 0 Å². The summed E-state index contributed by atoms with van der Waals surface area (Å²) in [6, 6.07) is 7.83. The predicted octanol–water partition coefficient (Wildman–Crippen LogP) is 1.94. The van der Waals surface area contributed by atoms with Gasteiger partial charge < -0.3 is 15.5 Å². The van der Waals surface area contributed by atoms with Gasteiger partial charge >= 0.3 is 6.03 Å². The molecule has 5 heteroatoms. The molecule has 0 radical (unpaired) electrons. The topological polar surface area (TPSA) is 44.4 Å². The molecule has 1 aliphatic carbocycles. The maximum Gasteiger partial charge on any atom is 0.318 e. The fourth-order valence-electron chi connectivity index (χ4n) is 2.55. The molecule has 4 nitrogen and oxygen atoms in total. The van der Waals surface area contributed by atoms with Crippen LogP contribution in [-0.2, 0) is 5.54 Å². The number of benzene rings is 1. The number of carbonyl (C=O) groups excluding carboxylic acids is 1. The number of nitrogens with zero attached hydrogens (tertiary/aromatic N) is 1. The van der Waals surface area contributed by atoms with Crippen LogP contribution in [0, 0.1) is 0 Å². The molecular formula is C14H18ClN3O. The van der Waals surface area contributed by atoms with E-state index in [9.17, 15) is 4.79 Å². The average molecular weight is 280 g/mol. The molecule has 102 valence electrons. The molecule has 1 saturated heterocycles. The number of amides is 2. The standard InChI is InChI=1S/C14H18ClN3O/c15-12-3-1-2-11(10-12)14(4-5-14)17-13(19)18-8-6-16-7-9-18/h1-3,10,16H,4-9H2,(H,17,19). The highest BCUT2D eigenvalue weighted by Crippen LogP contribution is 2.46. The van der Waals surface area contributed by atoms with Crippen molar-refractivity contribution in [2.45, 2.75) is 18.4 Å². The molecule has 2 amide bonds. The maximum absolute atomic E-state index is 12.3. The number of hydrogen-bond acceptors (Lipinski definition) is 2. The van der Waals surface area contributed by atoms with E-state index in [1.165, 1.54) is 0 Å². The largest absolute Gasteiger partial charge is 0.328 e. The van der Waals surface area contributed by atoms with E-state index >= 15 is 0 Å². The van der Waals surface area contributed by atoms with E-state index in [1.54, 1.807) is 0 Å². The molecule has 2 aliphatic rings. The molecule has 1 heterocycles. The van der Waals surface area contributed by atoms with Gasteiger partial charge in [0.25, 0.3) is 0 Å². The molecule has 1 aliphatic heterocycles. The SMILES string of the molecule is O=C(NC1(c2cccc(Cl)c2)CC1)N1CCNCC1. The first-order valence-electron chi connectivity index (χ1n) is 6.73. The van der Waals surface area contributed by atoms with Crippen LogP contribution >= 0.6 is 11.6 Å². The van der Waals surface area contributed by atoms with Crippen LogP contribution in [0.5, 0.6) is 0 Å². The van der Waals surface area contributed by atoms with Gasteiger partial charge in [0.05, 0.1) is 5.54 Å². The van der Waals surface area contributed by atoms with Crippen molar-refractivity contribution in [3.8, 4) is 0 Å². The van der Waals surface area contributed by atoms with Crippen LogP contribution in [-0.4, -0.2) is 37.1 Å². The highest BCUT2D eigenvalue weighted by molar-refractivity contribution is 6.30. The van der Waals surface area contributed by atoms with E-state index < -0.39 is 0 Å². The summed E-state index contributed by atoms with van der Waals surface area (Å²) in [5, 5.41) is 7.15. The average Bonchev–Trinajstić information content (AvgIpc) is 3.21. The van der Waals surface area contributed by atoms with Crippen LogP contribution in [0.1, 0.15) is 18.4 Å². The molecule has 0 bridgehead atoms. The van der Waals surface area contributed by atoms with E-state index in [4.69, 9.17) is 11.6 Å². The van der Waals surface area contributed by atoms with Gasteiger partial charge in [-0.25, -0.2) is 4.79 Å². The molecule has 1 saturated carbocycles. The summed E-state index contributed by atoms with van der Waals surface area (Å²) in [7, 11) is 0. The van der Waals surface area contributed by atoms with Crippen molar-refractivity contribution < 1.29 is 4.79 Å². The first-order valence-corrected chi connectivity index (χ1v) is 7.11. The fraction of sp³-hybridized carbons (Fsp3) is 0.500. The van der Waals surface area contributed by atoms with Gasteiger partial charge in [-0.3, -0.25) is 0 Å². The molecule has 0 spiro atoms. The van der Waals surface area contributed by atoms with Gasteiger partial charge in [-0.15, -0.1) is 0 Å². The van der Waals surface area contributed by atoms with Gasteiger partial charge in [0.1, 0.15) is 0 Å². The minimum Gasteiger partial charge on any atom is -0.328 e. The summed E-state index contributed by atoms with van der Waals surface area (Å²) in [5.41, 5.74) is 0.927. The summed E-state index contributed by atoms with van der Waals surface area (Å²) in [6.45, 7) is 3.30. The van der Waals surface area contributed by atoms with Crippen LogP contribution in [0.2, 0.25) is 5.02 Å². The van der Waals surface area contributed by atoms with Crippen LogP contribution in [0.15, 0.2) is 24.3 Å². The molecule has 3 rings (SSSR count). The summed E-state index contributed by atoms with van der Waals surface area (Å²) in [6.07, 6.45) is 1.98. The van der Waals surface area contributed by atoms with Gasteiger partial charge in [-0.05, 0) is 30.5 Å². The maximum atomic E-state index is 12.3. The lowest BCUT2D eigenvalue weighted by Crippen LogP contribution is -2.52. The first-order chi connectivity index (χ1) is 9.20. The zero-order valence-electron chi connectivity index (χ0n) is 10.8. The number of carbonyl (C=O) groups is 1. The molecule has 0 atom stereocenters. The third-order valence-electron chi connectivity index (χ3n) is 3.88. The van der Waals surface area contributed by atoms with E-state index in [2.05, 4.69) is 10.6 Å². The minimum atomic E-state index is -0.188. The highest BCUT2D eigenvalue weighted by Gasteiger charge is 2.46. The summed E-state index contributed by atoms with van der Waals surface area (Å²) < 4.78 is 0. The van der Waals surface area contributed by atoms with Crippen LogP contribution < -0.4 is 10.6 Å². The second kappa shape index (κ2) is 5.02. The molecular weight excluding hydrogens is 262 g/mol.